The minimum atomic E-state index is 0.0707. The molecule has 1 aliphatic heterocycles. The zero-order chi connectivity index (χ0) is 16.8. The number of carbonyl (C=O) groups excluding carboxylic acids is 1. The normalized spacial score (nSPS) is 23.5. The van der Waals surface area contributed by atoms with E-state index in [4.69, 9.17) is 4.74 Å². The first-order valence-corrected chi connectivity index (χ1v) is 9.01. The van der Waals surface area contributed by atoms with Crippen LogP contribution in [0.5, 0.6) is 0 Å². The second-order valence-electron chi connectivity index (χ2n) is 7.16. The van der Waals surface area contributed by atoms with Crippen LogP contribution in [0, 0.1) is 0 Å². The van der Waals surface area contributed by atoms with E-state index in [-0.39, 0.29) is 17.4 Å². The highest BCUT2D eigenvalue weighted by molar-refractivity contribution is 5.78. The van der Waals surface area contributed by atoms with E-state index in [0.29, 0.717) is 6.54 Å². The van der Waals surface area contributed by atoms with Crippen molar-refractivity contribution in [2.45, 2.75) is 30.8 Å². The number of benzene rings is 1. The van der Waals surface area contributed by atoms with Gasteiger partial charge in [0.2, 0.25) is 5.91 Å². The van der Waals surface area contributed by atoms with Crippen LogP contribution in [0.1, 0.15) is 24.8 Å². The molecule has 2 N–H and O–H groups in total. The number of carbonyl (C=O) groups is 1. The van der Waals surface area contributed by atoms with Crippen molar-refractivity contribution in [2.24, 2.45) is 0 Å². The predicted octanol–water partition coefficient (Wildman–Crippen LogP) is 1.14. The van der Waals surface area contributed by atoms with Crippen LogP contribution in [-0.4, -0.2) is 63.3 Å². The molecule has 5 nitrogen and oxygen atoms in total. The second kappa shape index (κ2) is 8.10. The number of nitrogens with zero attached hydrogens (tertiary/aromatic N) is 1. The van der Waals surface area contributed by atoms with Crippen molar-refractivity contribution < 1.29 is 9.53 Å². The number of morpholine rings is 1. The summed E-state index contributed by atoms with van der Waals surface area (Å²) in [5, 5.41) is 6.34. The highest BCUT2D eigenvalue weighted by atomic mass is 16.5. The maximum atomic E-state index is 12.1. The molecule has 2 fully saturated rings. The average molecular weight is 331 g/mol. The van der Waals surface area contributed by atoms with E-state index in [0.717, 1.165) is 45.6 Å². The molecule has 0 spiro atoms. The van der Waals surface area contributed by atoms with Crippen molar-refractivity contribution in [1.29, 1.82) is 0 Å². The number of amides is 1. The van der Waals surface area contributed by atoms with Gasteiger partial charge in [-0.1, -0.05) is 36.8 Å². The van der Waals surface area contributed by atoms with Gasteiger partial charge in [0.15, 0.2) is 0 Å². The first-order valence-electron chi connectivity index (χ1n) is 9.01. The number of ether oxygens (including phenoxy) is 1. The third-order valence-electron chi connectivity index (χ3n) is 5.32. The summed E-state index contributed by atoms with van der Waals surface area (Å²) < 4.78 is 5.69. The van der Waals surface area contributed by atoms with Crippen LogP contribution in [0.3, 0.4) is 0 Å². The Morgan fingerprint density at radius 2 is 2.12 bits per heavy atom. The molecule has 1 atom stereocenters. The van der Waals surface area contributed by atoms with E-state index in [1.165, 1.54) is 12.0 Å². The van der Waals surface area contributed by atoms with Gasteiger partial charge in [0, 0.05) is 31.6 Å². The van der Waals surface area contributed by atoms with Gasteiger partial charge in [-0.25, -0.2) is 0 Å². The van der Waals surface area contributed by atoms with Gasteiger partial charge in [0.05, 0.1) is 19.3 Å². The van der Waals surface area contributed by atoms with E-state index in [1.54, 1.807) is 0 Å². The molecule has 2 aliphatic rings. The monoisotopic (exact) mass is 331 g/mol. The standard InChI is InChI=1S/C19H29N3O2/c1-22-10-11-24-17(14-22)12-20-13-18(23)21-15-19(8-5-9-19)16-6-3-2-4-7-16/h2-4,6-7,17,20H,5,8-15H2,1H3,(H,21,23)/t17-/m1/s1. The summed E-state index contributed by atoms with van der Waals surface area (Å²) in [5.74, 6) is 0.0707. The number of nitrogens with one attached hydrogen (secondary N) is 2. The van der Waals surface area contributed by atoms with Gasteiger partial charge >= 0.3 is 0 Å². The van der Waals surface area contributed by atoms with Crippen LogP contribution in [0.4, 0.5) is 0 Å². The fraction of sp³-hybridized carbons (Fsp3) is 0.632. The smallest absolute Gasteiger partial charge is 0.233 e. The first kappa shape index (κ1) is 17.4. The van der Waals surface area contributed by atoms with E-state index in [2.05, 4.69) is 46.8 Å². The Balaban J connectivity index is 1.39. The number of rotatable bonds is 7. The largest absolute Gasteiger partial charge is 0.374 e. The molecule has 1 amide bonds. The van der Waals surface area contributed by atoms with Crippen molar-refractivity contribution in [3.8, 4) is 0 Å². The highest BCUT2D eigenvalue weighted by Gasteiger charge is 2.38. The number of hydrogen-bond acceptors (Lipinski definition) is 4. The third kappa shape index (κ3) is 4.35. The van der Waals surface area contributed by atoms with Crippen LogP contribution in [0.25, 0.3) is 0 Å². The Hall–Kier alpha value is -1.43. The predicted molar refractivity (Wildman–Crippen MR) is 95.1 cm³/mol. The minimum absolute atomic E-state index is 0.0707. The topological polar surface area (TPSA) is 53.6 Å². The van der Waals surface area contributed by atoms with Gasteiger partial charge in [0.25, 0.3) is 0 Å². The molecule has 1 aromatic rings. The van der Waals surface area contributed by atoms with Crippen molar-refractivity contribution in [3.63, 3.8) is 0 Å². The van der Waals surface area contributed by atoms with E-state index in [9.17, 15) is 4.79 Å². The van der Waals surface area contributed by atoms with Crippen molar-refractivity contribution in [1.82, 2.24) is 15.5 Å². The Kier molecular flexibility index (Phi) is 5.87. The van der Waals surface area contributed by atoms with Gasteiger partial charge < -0.3 is 20.3 Å². The third-order valence-corrected chi connectivity index (χ3v) is 5.32. The van der Waals surface area contributed by atoms with Gasteiger partial charge in [-0.3, -0.25) is 4.79 Å². The Morgan fingerprint density at radius 3 is 2.79 bits per heavy atom. The Morgan fingerprint density at radius 1 is 1.33 bits per heavy atom. The molecule has 1 aromatic carbocycles. The first-order chi connectivity index (χ1) is 11.7. The molecule has 0 radical (unpaired) electrons. The van der Waals surface area contributed by atoms with Crippen LogP contribution >= 0.6 is 0 Å². The summed E-state index contributed by atoms with van der Waals surface area (Å²) in [6.45, 7) is 4.50. The summed E-state index contributed by atoms with van der Waals surface area (Å²) in [4.78, 5) is 14.4. The molecule has 1 saturated heterocycles. The van der Waals surface area contributed by atoms with Gasteiger partial charge in [-0.15, -0.1) is 0 Å². The molecule has 1 saturated carbocycles. The van der Waals surface area contributed by atoms with E-state index in [1.807, 2.05) is 6.07 Å². The summed E-state index contributed by atoms with van der Waals surface area (Å²) in [6.07, 6.45) is 3.74. The zero-order valence-corrected chi connectivity index (χ0v) is 14.6. The second-order valence-corrected chi connectivity index (χ2v) is 7.16. The van der Waals surface area contributed by atoms with Crippen LogP contribution < -0.4 is 10.6 Å². The summed E-state index contributed by atoms with van der Waals surface area (Å²) in [6, 6.07) is 10.6. The van der Waals surface area contributed by atoms with Crippen molar-refractivity contribution in [3.05, 3.63) is 35.9 Å². The molecule has 24 heavy (non-hydrogen) atoms. The maximum absolute atomic E-state index is 12.1. The molecule has 0 unspecified atom stereocenters. The zero-order valence-electron chi connectivity index (χ0n) is 14.6. The molecule has 132 valence electrons. The van der Waals surface area contributed by atoms with Gasteiger partial charge in [-0.2, -0.15) is 0 Å². The fourth-order valence-corrected chi connectivity index (χ4v) is 3.63. The van der Waals surface area contributed by atoms with E-state index >= 15 is 0 Å². The van der Waals surface area contributed by atoms with Crippen LogP contribution in [0.15, 0.2) is 30.3 Å². The Bertz CT molecular complexity index is 531. The lowest BCUT2D eigenvalue weighted by molar-refractivity contribution is -0.120. The Labute approximate surface area is 144 Å². The molecular formula is C19H29N3O2. The molecule has 5 heteroatoms. The highest BCUT2D eigenvalue weighted by Crippen LogP contribution is 2.43. The molecule has 1 heterocycles. The lowest BCUT2D eigenvalue weighted by Gasteiger charge is -2.42. The number of likely N-dealkylation sites (N-methyl/N-ethyl adjacent to an activating group) is 1. The molecule has 3 rings (SSSR count). The number of hydrogen-bond donors (Lipinski definition) is 2. The molecule has 0 aromatic heterocycles. The summed E-state index contributed by atoms with van der Waals surface area (Å²) in [7, 11) is 2.10. The molecule has 0 bridgehead atoms. The SMILES string of the molecule is CN1CCO[C@H](CNCC(=O)NCC2(c3ccccc3)CCC2)C1. The maximum Gasteiger partial charge on any atom is 0.233 e. The van der Waals surface area contributed by atoms with Crippen LogP contribution in [0.2, 0.25) is 0 Å². The van der Waals surface area contributed by atoms with Crippen LogP contribution in [-0.2, 0) is 14.9 Å². The fourth-order valence-electron chi connectivity index (χ4n) is 3.63. The summed E-state index contributed by atoms with van der Waals surface area (Å²) in [5.41, 5.74) is 1.50. The minimum Gasteiger partial charge on any atom is -0.374 e. The van der Waals surface area contributed by atoms with Gasteiger partial charge in [0.1, 0.15) is 0 Å². The lowest BCUT2D eigenvalue weighted by Crippen LogP contribution is -2.49. The quantitative estimate of drug-likeness (QED) is 0.787. The molecule has 1 aliphatic carbocycles. The van der Waals surface area contributed by atoms with Crippen molar-refractivity contribution in [2.75, 3.05) is 46.4 Å². The average Bonchev–Trinajstić information content (AvgIpc) is 2.55. The molecular weight excluding hydrogens is 302 g/mol. The summed E-state index contributed by atoms with van der Waals surface area (Å²) >= 11 is 0. The van der Waals surface area contributed by atoms with Gasteiger partial charge in [-0.05, 0) is 25.5 Å². The van der Waals surface area contributed by atoms with E-state index < -0.39 is 0 Å². The lowest BCUT2D eigenvalue weighted by atomic mass is 9.64. The van der Waals surface area contributed by atoms with Crippen molar-refractivity contribution >= 4 is 5.91 Å².